The molecule has 1 fully saturated rings. The molecule has 1 saturated heterocycles. The van der Waals surface area contributed by atoms with Crippen molar-refractivity contribution in [2.75, 3.05) is 13.1 Å². The lowest BCUT2D eigenvalue weighted by Crippen LogP contribution is -2.45. The summed E-state index contributed by atoms with van der Waals surface area (Å²) in [7, 11) is 0. The molecule has 0 aliphatic carbocycles. The van der Waals surface area contributed by atoms with Gasteiger partial charge in [-0.3, -0.25) is 4.79 Å². The fourth-order valence-corrected chi connectivity index (χ4v) is 2.52. The van der Waals surface area contributed by atoms with Crippen molar-refractivity contribution in [3.63, 3.8) is 0 Å². The molecule has 3 nitrogen and oxygen atoms in total. The van der Waals surface area contributed by atoms with Gasteiger partial charge in [0, 0.05) is 28.8 Å². The van der Waals surface area contributed by atoms with Crippen LogP contribution in [0.2, 0.25) is 0 Å². The Bertz CT molecular complexity index is 487. The van der Waals surface area contributed by atoms with Crippen LogP contribution >= 0.6 is 35.0 Å². The molecular weight excluding hydrogens is 388 g/mol. The molecule has 0 saturated carbocycles. The van der Waals surface area contributed by atoms with Crippen molar-refractivity contribution in [3.05, 3.63) is 32.9 Å². The van der Waals surface area contributed by atoms with Crippen molar-refractivity contribution in [2.24, 2.45) is 5.73 Å². The minimum atomic E-state index is -0.822. The monoisotopic (exact) mass is 402 g/mol. The van der Waals surface area contributed by atoms with Gasteiger partial charge in [0.2, 0.25) is 0 Å². The Morgan fingerprint density at radius 1 is 1.37 bits per heavy atom. The third-order valence-electron chi connectivity index (χ3n) is 2.99. The number of likely N-dealkylation sites (tertiary alicyclic amines) is 1. The fourth-order valence-electron chi connectivity index (χ4n) is 2.05. The lowest BCUT2D eigenvalue weighted by atomic mass is 10.1. The Morgan fingerprint density at radius 3 is 2.68 bits per heavy atom. The molecule has 1 aliphatic rings. The van der Waals surface area contributed by atoms with E-state index in [0.29, 0.717) is 13.1 Å². The summed E-state index contributed by atoms with van der Waals surface area (Å²) in [6.07, 6.45) is 1.68. The predicted octanol–water partition coefficient (Wildman–Crippen LogP) is 2.55. The molecular formula is C12H14ClF2IN2O. The molecule has 0 aromatic heterocycles. The summed E-state index contributed by atoms with van der Waals surface area (Å²) < 4.78 is 27.0. The molecule has 2 N–H and O–H groups in total. The number of benzene rings is 1. The fraction of sp³-hybridized carbons (Fsp3) is 0.417. The third kappa shape index (κ3) is 3.76. The zero-order chi connectivity index (χ0) is 13.3. The Balaban J connectivity index is 0.00000180. The van der Waals surface area contributed by atoms with E-state index in [4.69, 9.17) is 5.73 Å². The second-order valence-electron chi connectivity index (χ2n) is 4.40. The Labute approximate surface area is 130 Å². The minimum absolute atomic E-state index is 0. The van der Waals surface area contributed by atoms with Crippen LogP contribution in [0.5, 0.6) is 0 Å². The molecule has 2 rings (SSSR count). The maximum absolute atomic E-state index is 13.6. The summed E-state index contributed by atoms with van der Waals surface area (Å²) in [5, 5.41) is 0. The smallest absolute Gasteiger partial charge is 0.256 e. The number of hydrogen-bond donors (Lipinski definition) is 1. The average molecular weight is 403 g/mol. The summed E-state index contributed by atoms with van der Waals surface area (Å²) in [5.74, 6) is -1.89. The second kappa shape index (κ2) is 6.81. The first-order valence-electron chi connectivity index (χ1n) is 5.68. The highest BCUT2D eigenvalue weighted by atomic mass is 127. The number of rotatable bonds is 1. The lowest BCUT2D eigenvalue weighted by Gasteiger charge is -2.30. The van der Waals surface area contributed by atoms with Gasteiger partial charge in [0.15, 0.2) is 0 Å². The molecule has 1 atom stereocenters. The van der Waals surface area contributed by atoms with E-state index in [1.165, 1.54) is 11.0 Å². The molecule has 19 heavy (non-hydrogen) atoms. The van der Waals surface area contributed by atoms with E-state index in [0.717, 1.165) is 18.9 Å². The zero-order valence-corrected chi connectivity index (χ0v) is 13.0. The van der Waals surface area contributed by atoms with Gasteiger partial charge in [-0.25, -0.2) is 8.78 Å². The number of carbonyl (C=O) groups excluding carboxylic acids is 1. The van der Waals surface area contributed by atoms with Gasteiger partial charge < -0.3 is 10.6 Å². The Morgan fingerprint density at radius 2 is 2.05 bits per heavy atom. The van der Waals surface area contributed by atoms with Crippen LogP contribution in [0.1, 0.15) is 23.2 Å². The number of nitrogens with two attached hydrogens (primary N) is 1. The molecule has 1 aromatic rings. The minimum Gasteiger partial charge on any atom is -0.337 e. The zero-order valence-electron chi connectivity index (χ0n) is 10.0. The molecule has 0 spiro atoms. The summed E-state index contributed by atoms with van der Waals surface area (Å²) >= 11 is 1.74. The summed E-state index contributed by atoms with van der Waals surface area (Å²) in [4.78, 5) is 13.7. The van der Waals surface area contributed by atoms with Gasteiger partial charge in [-0.2, -0.15) is 0 Å². The molecule has 7 heteroatoms. The van der Waals surface area contributed by atoms with Crippen molar-refractivity contribution in [1.82, 2.24) is 4.90 Å². The number of nitrogens with zero attached hydrogens (tertiary/aromatic N) is 1. The first kappa shape index (κ1) is 16.6. The van der Waals surface area contributed by atoms with Crippen molar-refractivity contribution in [1.29, 1.82) is 0 Å². The molecule has 1 heterocycles. The summed E-state index contributed by atoms with van der Waals surface area (Å²) in [6.45, 7) is 0.992. The number of amides is 1. The lowest BCUT2D eigenvalue weighted by molar-refractivity contribution is 0.0704. The van der Waals surface area contributed by atoms with E-state index in [9.17, 15) is 13.6 Å². The second-order valence-corrected chi connectivity index (χ2v) is 5.56. The number of hydrogen-bond acceptors (Lipinski definition) is 2. The van der Waals surface area contributed by atoms with E-state index < -0.39 is 17.5 Å². The molecule has 1 amide bonds. The number of carbonyl (C=O) groups is 1. The highest BCUT2D eigenvalue weighted by Gasteiger charge is 2.25. The van der Waals surface area contributed by atoms with E-state index in [2.05, 4.69) is 0 Å². The van der Waals surface area contributed by atoms with Gasteiger partial charge >= 0.3 is 0 Å². The van der Waals surface area contributed by atoms with Crippen LogP contribution in [0.3, 0.4) is 0 Å². The summed E-state index contributed by atoms with van der Waals surface area (Å²) in [5.41, 5.74) is 5.70. The van der Waals surface area contributed by atoms with Crippen LogP contribution < -0.4 is 5.73 Å². The van der Waals surface area contributed by atoms with Crippen molar-refractivity contribution in [3.8, 4) is 0 Å². The molecule has 1 aliphatic heterocycles. The van der Waals surface area contributed by atoms with Gasteiger partial charge in [0.25, 0.3) is 5.91 Å². The van der Waals surface area contributed by atoms with Crippen molar-refractivity contribution >= 4 is 40.9 Å². The highest BCUT2D eigenvalue weighted by Crippen LogP contribution is 2.20. The largest absolute Gasteiger partial charge is 0.337 e. The van der Waals surface area contributed by atoms with Crippen LogP contribution in [-0.4, -0.2) is 29.9 Å². The van der Waals surface area contributed by atoms with Crippen molar-refractivity contribution < 1.29 is 13.6 Å². The highest BCUT2D eigenvalue weighted by molar-refractivity contribution is 14.1. The van der Waals surface area contributed by atoms with Gasteiger partial charge in [-0.15, -0.1) is 12.4 Å². The van der Waals surface area contributed by atoms with E-state index in [-0.39, 0.29) is 27.6 Å². The maximum Gasteiger partial charge on any atom is 0.256 e. The molecule has 0 radical (unpaired) electrons. The van der Waals surface area contributed by atoms with E-state index >= 15 is 0 Å². The first-order valence-corrected chi connectivity index (χ1v) is 6.76. The molecule has 0 unspecified atom stereocenters. The Hall–Kier alpha value is -0.470. The standard InChI is InChI=1S/C12H13F2IN2O.ClH/c13-9-5-10(14)11(15)4-8(9)12(18)17-3-1-2-7(16)6-17;/h4-5,7H,1-3,6,16H2;1H/t7-;/m0./s1. The normalized spacial score (nSPS) is 18.9. The van der Waals surface area contributed by atoms with Crippen LogP contribution in [-0.2, 0) is 0 Å². The van der Waals surface area contributed by atoms with Crippen molar-refractivity contribution in [2.45, 2.75) is 18.9 Å². The topological polar surface area (TPSA) is 46.3 Å². The van der Waals surface area contributed by atoms with Crippen LogP contribution in [0.4, 0.5) is 8.78 Å². The van der Waals surface area contributed by atoms with E-state index in [1.807, 2.05) is 0 Å². The molecule has 106 valence electrons. The summed E-state index contributed by atoms with van der Waals surface area (Å²) in [6, 6.07) is 1.93. The van der Waals surface area contributed by atoms with Gasteiger partial charge in [0.05, 0.1) is 5.56 Å². The number of piperidine rings is 1. The first-order chi connectivity index (χ1) is 8.49. The van der Waals surface area contributed by atoms with E-state index in [1.54, 1.807) is 22.6 Å². The van der Waals surface area contributed by atoms with Crippen LogP contribution in [0.15, 0.2) is 12.1 Å². The average Bonchev–Trinajstić information content (AvgIpc) is 2.33. The Kier molecular flexibility index (Phi) is 5.94. The predicted molar refractivity (Wildman–Crippen MR) is 79.4 cm³/mol. The quantitative estimate of drug-likeness (QED) is 0.580. The van der Waals surface area contributed by atoms with Crippen LogP contribution in [0, 0.1) is 15.2 Å². The molecule has 1 aromatic carbocycles. The molecule has 0 bridgehead atoms. The number of halogens is 4. The van der Waals surface area contributed by atoms with Crippen LogP contribution in [0.25, 0.3) is 0 Å². The van der Waals surface area contributed by atoms with Gasteiger partial charge in [-0.05, 0) is 41.5 Å². The van der Waals surface area contributed by atoms with Gasteiger partial charge in [-0.1, -0.05) is 0 Å². The third-order valence-corrected chi connectivity index (χ3v) is 3.81. The maximum atomic E-state index is 13.6. The SMILES string of the molecule is Cl.N[C@H]1CCCN(C(=O)c2cc(I)c(F)cc2F)C1. The van der Waals surface area contributed by atoms with Gasteiger partial charge in [0.1, 0.15) is 11.6 Å².